The molecule has 0 radical (unpaired) electrons. The minimum Gasteiger partial charge on any atom is -0.462 e. The highest BCUT2D eigenvalue weighted by molar-refractivity contribution is 7.46. The average molecular weight is 727 g/mol. The molecule has 0 fully saturated rings. The van der Waals surface area contributed by atoms with E-state index in [1.807, 2.05) is 0 Å². The summed E-state index contributed by atoms with van der Waals surface area (Å²) in [5.74, 6) is -0.926. The number of carbonyl (C=O) groups excluding carboxylic acids is 2. The van der Waals surface area contributed by atoms with E-state index in [1.165, 1.54) is 103 Å². The number of phosphoric acid groups is 1. The lowest BCUT2D eigenvalue weighted by Gasteiger charge is -2.18. The van der Waals surface area contributed by atoms with Crippen LogP contribution in [-0.4, -0.2) is 41.0 Å². The zero-order valence-corrected chi connectivity index (χ0v) is 32.9. The molecule has 0 aliphatic heterocycles. The molecule has 9 heteroatoms. The van der Waals surface area contributed by atoms with E-state index in [1.54, 1.807) is 0 Å². The third-order valence-electron chi connectivity index (χ3n) is 8.63. The van der Waals surface area contributed by atoms with E-state index < -0.39 is 32.5 Å². The Morgan fingerprint density at radius 3 is 1.38 bits per heavy atom. The molecule has 50 heavy (non-hydrogen) atoms. The molecule has 1 atom stereocenters. The Balaban J connectivity index is 3.98. The minimum atomic E-state index is -4.76. The van der Waals surface area contributed by atoms with Crippen molar-refractivity contribution >= 4 is 19.8 Å². The van der Waals surface area contributed by atoms with Crippen molar-refractivity contribution < 1.29 is 37.9 Å². The van der Waals surface area contributed by atoms with E-state index in [9.17, 15) is 14.2 Å². The third-order valence-corrected chi connectivity index (χ3v) is 9.12. The average Bonchev–Trinajstić information content (AvgIpc) is 3.08. The van der Waals surface area contributed by atoms with Gasteiger partial charge in [-0.15, -0.1) is 0 Å². The molecular weight excluding hydrogens is 651 g/mol. The molecule has 0 aromatic rings. The van der Waals surface area contributed by atoms with Gasteiger partial charge >= 0.3 is 19.8 Å². The first-order valence-electron chi connectivity index (χ1n) is 20.3. The van der Waals surface area contributed by atoms with Gasteiger partial charge in [0.05, 0.1) is 6.61 Å². The minimum absolute atomic E-state index is 0.201. The molecule has 0 amide bonds. The van der Waals surface area contributed by atoms with Gasteiger partial charge in [-0.2, -0.15) is 0 Å². The van der Waals surface area contributed by atoms with Gasteiger partial charge in [-0.1, -0.05) is 147 Å². The summed E-state index contributed by atoms with van der Waals surface area (Å²) in [6.45, 7) is 3.64. The topological polar surface area (TPSA) is 119 Å². The Labute approximate surface area is 306 Å². The Hall–Kier alpha value is -1.73. The Kier molecular flexibility index (Phi) is 35.8. The lowest BCUT2D eigenvalue weighted by atomic mass is 10.1. The van der Waals surface area contributed by atoms with Crippen molar-refractivity contribution in [3.05, 3.63) is 36.5 Å². The van der Waals surface area contributed by atoms with Crippen LogP contribution in [0.25, 0.3) is 0 Å². The van der Waals surface area contributed by atoms with E-state index in [4.69, 9.17) is 19.3 Å². The Morgan fingerprint density at radius 2 is 0.900 bits per heavy atom. The molecule has 292 valence electrons. The summed E-state index contributed by atoms with van der Waals surface area (Å²) in [6, 6.07) is 0. The van der Waals surface area contributed by atoms with Gasteiger partial charge in [0.15, 0.2) is 6.10 Å². The number of hydrogen-bond donors (Lipinski definition) is 2. The van der Waals surface area contributed by atoms with Crippen LogP contribution in [-0.2, 0) is 28.2 Å². The number of hydrogen-bond acceptors (Lipinski definition) is 6. The lowest BCUT2D eigenvalue weighted by Crippen LogP contribution is -2.29. The fourth-order valence-electron chi connectivity index (χ4n) is 5.57. The molecule has 0 spiro atoms. The zero-order valence-electron chi connectivity index (χ0n) is 32.0. The Bertz CT molecular complexity index is 910. The SMILES string of the molecule is CCCCCCCC/C=C/C/C=C/CCCCC(=O)OC[C@H](COP(=O)(O)O)OC(=O)CCCCCCCCC/C=C/CCCCCCCC. The largest absolute Gasteiger partial charge is 0.469 e. The molecule has 0 saturated heterocycles. The number of carbonyl (C=O) groups is 2. The molecule has 0 aromatic heterocycles. The van der Waals surface area contributed by atoms with E-state index in [0.29, 0.717) is 12.8 Å². The summed E-state index contributed by atoms with van der Waals surface area (Å²) >= 11 is 0. The fraction of sp³-hybridized carbons (Fsp3) is 0.805. The number of ether oxygens (including phenoxy) is 2. The van der Waals surface area contributed by atoms with E-state index in [0.717, 1.165) is 51.4 Å². The first kappa shape index (κ1) is 48.3. The van der Waals surface area contributed by atoms with Crippen LogP contribution >= 0.6 is 7.82 Å². The highest BCUT2D eigenvalue weighted by Crippen LogP contribution is 2.36. The highest BCUT2D eigenvalue weighted by Gasteiger charge is 2.22. The van der Waals surface area contributed by atoms with Crippen molar-refractivity contribution in [3.8, 4) is 0 Å². The fourth-order valence-corrected chi connectivity index (χ4v) is 5.93. The number of unbranched alkanes of at least 4 members (excludes halogenated alkanes) is 21. The number of allylic oxidation sites excluding steroid dienone is 6. The van der Waals surface area contributed by atoms with Crippen LogP contribution in [0.1, 0.15) is 194 Å². The van der Waals surface area contributed by atoms with Crippen molar-refractivity contribution in [2.24, 2.45) is 0 Å². The monoisotopic (exact) mass is 727 g/mol. The van der Waals surface area contributed by atoms with Crippen LogP contribution in [0.15, 0.2) is 36.5 Å². The van der Waals surface area contributed by atoms with Crippen molar-refractivity contribution in [3.63, 3.8) is 0 Å². The molecular formula is C41H75O8P. The molecule has 2 N–H and O–H groups in total. The summed E-state index contributed by atoms with van der Waals surface area (Å²) < 4.78 is 26.3. The van der Waals surface area contributed by atoms with Gasteiger partial charge in [0, 0.05) is 12.8 Å². The molecule has 0 unspecified atom stereocenters. The Morgan fingerprint density at radius 1 is 0.520 bits per heavy atom. The van der Waals surface area contributed by atoms with Crippen molar-refractivity contribution in [2.75, 3.05) is 13.2 Å². The maximum Gasteiger partial charge on any atom is 0.469 e. The summed E-state index contributed by atoms with van der Waals surface area (Å²) in [7, 11) is -4.76. The second kappa shape index (κ2) is 37.0. The predicted molar refractivity (Wildman–Crippen MR) is 207 cm³/mol. The molecule has 0 bridgehead atoms. The maximum atomic E-state index is 12.4. The highest BCUT2D eigenvalue weighted by atomic mass is 31.2. The van der Waals surface area contributed by atoms with Gasteiger partial charge < -0.3 is 19.3 Å². The molecule has 0 rings (SSSR count). The molecule has 0 saturated carbocycles. The summed E-state index contributed by atoms with van der Waals surface area (Å²) in [4.78, 5) is 42.8. The van der Waals surface area contributed by atoms with Crippen molar-refractivity contribution in [1.29, 1.82) is 0 Å². The van der Waals surface area contributed by atoms with Gasteiger partial charge in [-0.3, -0.25) is 14.1 Å². The number of rotatable bonds is 37. The molecule has 0 aliphatic rings. The second-order valence-corrected chi connectivity index (χ2v) is 14.8. The lowest BCUT2D eigenvalue weighted by molar-refractivity contribution is -0.161. The van der Waals surface area contributed by atoms with Crippen LogP contribution in [0.5, 0.6) is 0 Å². The van der Waals surface area contributed by atoms with Crippen LogP contribution < -0.4 is 0 Å². The third kappa shape index (κ3) is 39.1. The predicted octanol–water partition coefficient (Wildman–Crippen LogP) is 12.2. The smallest absolute Gasteiger partial charge is 0.462 e. The summed E-state index contributed by atoms with van der Waals surface area (Å²) in [5, 5.41) is 0. The van der Waals surface area contributed by atoms with Crippen LogP contribution in [0, 0.1) is 0 Å². The summed E-state index contributed by atoms with van der Waals surface area (Å²) in [5.41, 5.74) is 0. The zero-order chi connectivity index (χ0) is 36.8. The van der Waals surface area contributed by atoms with Gasteiger partial charge in [0.2, 0.25) is 0 Å². The van der Waals surface area contributed by atoms with Gasteiger partial charge in [-0.05, 0) is 70.6 Å². The molecule has 0 aliphatic carbocycles. The number of phosphoric ester groups is 1. The quantitative estimate of drug-likeness (QED) is 0.0281. The van der Waals surface area contributed by atoms with E-state index in [2.05, 4.69) is 54.8 Å². The van der Waals surface area contributed by atoms with E-state index >= 15 is 0 Å². The van der Waals surface area contributed by atoms with Crippen LogP contribution in [0.2, 0.25) is 0 Å². The van der Waals surface area contributed by atoms with Crippen molar-refractivity contribution in [1.82, 2.24) is 0 Å². The molecule has 8 nitrogen and oxygen atoms in total. The molecule has 0 heterocycles. The summed E-state index contributed by atoms with van der Waals surface area (Å²) in [6.07, 6.45) is 42.9. The number of esters is 2. The first-order valence-corrected chi connectivity index (χ1v) is 21.8. The van der Waals surface area contributed by atoms with Crippen LogP contribution in [0.4, 0.5) is 0 Å². The first-order chi connectivity index (χ1) is 24.3. The van der Waals surface area contributed by atoms with Gasteiger partial charge in [-0.25, -0.2) is 4.57 Å². The van der Waals surface area contributed by atoms with Gasteiger partial charge in [0.25, 0.3) is 0 Å². The van der Waals surface area contributed by atoms with Crippen LogP contribution in [0.3, 0.4) is 0 Å². The van der Waals surface area contributed by atoms with Gasteiger partial charge in [0.1, 0.15) is 6.61 Å². The van der Waals surface area contributed by atoms with E-state index in [-0.39, 0.29) is 19.4 Å². The molecule has 0 aromatic carbocycles. The standard InChI is InChI=1S/C41H75O8P/c1-3-5-7-9-11-13-15-17-19-20-22-24-26-28-30-32-34-36-41(43)49-39(38-48-50(44,45)46)37-47-40(42)35-33-31-29-27-25-23-21-18-16-14-12-10-8-6-4-2/h17-19,21,25,27,39H,3-16,20,22-24,26,28-38H2,1-2H3,(H2,44,45,46)/b19-17+,21-18+,27-25+/t39-/m1/s1. The second-order valence-electron chi connectivity index (χ2n) is 13.6. The normalized spacial score (nSPS) is 12.8. The maximum absolute atomic E-state index is 12.4. The van der Waals surface area contributed by atoms with Crippen molar-refractivity contribution in [2.45, 2.75) is 200 Å².